The number of anilines is 1. The Morgan fingerprint density at radius 1 is 0.738 bits per heavy atom. The highest BCUT2D eigenvalue weighted by Crippen LogP contribution is 2.51. The molecule has 1 saturated heterocycles. The van der Waals surface area contributed by atoms with Gasteiger partial charge in [0.1, 0.15) is 6.54 Å². The molecule has 1 fully saturated rings. The molecule has 0 atom stereocenters. The van der Waals surface area contributed by atoms with Crippen molar-refractivity contribution in [1.29, 1.82) is 0 Å². The van der Waals surface area contributed by atoms with Gasteiger partial charge in [-0.05, 0) is 78.4 Å². The second kappa shape index (κ2) is 18.0. The van der Waals surface area contributed by atoms with E-state index in [1.54, 1.807) is 0 Å². The van der Waals surface area contributed by atoms with Gasteiger partial charge < -0.3 is 9.74 Å². The molecule has 0 bridgehead atoms. The fraction of sp³-hybridized carbons (Fsp3) is 0.340. The number of imide groups is 1. The van der Waals surface area contributed by atoms with E-state index in [1.807, 2.05) is 24.3 Å². The number of fused-ring (bicyclic) bond motifs is 6. The highest BCUT2D eigenvalue weighted by molar-refractivity contribution is 8.04. The molecule has 316 valence electrons. The Kier molecular flexibility index (Phi) is 12.7. The first kappa shape index (κ1) is 43.2. The Balaban J connectivity index is 1.07. The standard InChI is InChI=1S/C50H54N3O7S/c1-49(2)42(51(40-28-26-36-19-12-14-21-38(36)47(40)49)32-16-8-11-25-46(57)60-53-44(55)30-31-45(53)56)23-9-6-5-7-10-24-43-50(3,4)48-39-22-15-13-20-37(39)27-29-41(48)52(43)33-17-18-34-61(58,59)35-54/h5-7,9-10,12-15,19-24,26-29,35H,8,11,16-18,25,30-34H2,1-4H3/q+1. The number of sulfone groups is 1. The number of unbranched alkanes of at least 4 members (excludes halogenated alkanes) is 3. The molecule has 3 aliphatic rings. The summed E-state index contributed by atoms with van der Waals surface area (Å²) in [5.41, 5.74) is 6.57. The van der Waals surface area contributed by atoms with Crippen LogP contribution in [0, 0.1) is 0 Å². The van der Waals surface area contributed by atoms with Gasteiger partial charge in [-0.1, -0.05) is 105 Å². The molecule has 0 saturated carbocycles. The van der Waals surface area contributed by atoms with Crippen LogP contribution in [0.15, 0.2) is 121 Å². The van der Waals surface area contributed by atoms with Crippen molar-refractivity contribution in [3.05, 3.63) is 132 Å². The maximum atomic E-state index is 12.4. The third-order valence-electron chi connectivity index (χ3n) is 12.1. The first-order valence-corrected chi connectivity index (χ1v) is 22.9. The number of amides is 2. The van der Waals surface area contributed by atoms with Crippen molar-refractivity contribution in [2.24, 2.45) is 0 Å². The molecular formula is C50H54N3O7S+. The molecule has 0 aliphatic carbocycles. The molecule has 0 radical (unpaired) electrons. The minimum absolute atomic E-state index is 0.0523. The quantitative estimate of drug-likeness (QED) is 0.0339. The first-order chi connectivity index (χ1) is 29.2. The van der Waals surface area contributed by atoms with Crippen LogP contribution in [-0.2, 0) is 44.7 Å². The Hall–Kier alpha value is -5.94. The number of hydrogen-bond donors (Lipinski definition) is 0. The summed E-state index contributed by atoms with van der Waals surface area (Å²) in [6.45, 7) is 10.4. The zero-order chi connectivity index (χ0) is 43.4. The topological polar surface area (TPSA) is 121 Å². The minimum atomic E-state index is -3.69. The lowest BCUT2D eigenvalue weighted by Crippen LogP contribution is -2.32. The summed E-state index contributed by atoms with van der Waals surface area (Å²) in [5.74, 6) is -1.67. The molecule has 7 rings (SSSR count). The van der Waals surface area contributed by atoms with E-state index in [9.17, 15) is 27.6 Å². The van der Waals surface area contributed by atoms with E-state index < -0.39 is 27.6 Å². The predicted octanol–water partition coefficient (Wildman–Crippen LogP) is 9.27. The summed E-state index contributed by atoms with van der Waals surface area (Å²) < 4.78 is 26.0. The van der Waals surface area contributed by atoms with Gasteiger partial charge in [-0.2, -0.15) is 4.58 Å². The second-order valence-corrected chi connectivity index (χ2v) is 18.9. The molecule has 4 aromatic rings. The third kappa shape index (κ3) is 8.93. The van der Waals surface area contributed by atoms with Crippen LogP contribution in [0.2, 0.25) is 0 Å². The Labute approximate surface area is 358 Å². The summed E-state index contributed by atoms with van der Waals surface area (Å²) in [6.07, 6.45) is 18.0. The molecule has 11 heteroatoms. The van der Waals surface area contributed by atoms with E-state index in [-0.39, 0.29) is 41.5 Å². The Morgan fingerprint density at radius 3 is 2.08 bits per heavy atom. The highest BCUT2D eigenvalue weighted by atomic mass is 32.2. The summed E-state index contributed by atoms with van der Waals surface area (Å²) in [6, 6.07) is 25.5. The Bertz CT molecular complexity index is 2650. The Morgan fingerprint density at radius 2 is 1.38 bits per heavy atom. The molecular weight excluding hydrogens is 787 g/mol. The number of hydroxylamine groups is 2. The molecule has 0 N–H and O–H groups in total. The van der Waals surface area contributed by atoms with Crippen LogP contribution in [0.4, 0.5) is 11.4 Å². The smallest absolute Gasteiger partial charge is 0.333 e. The summed E-state index contributed by atoms with van der Waals surface area (Å²) in [5, 5.41) is 5.40. The van der Waals surface area contributed by atoms with E-state index >= 15 is 0 Å². The van der Waals surface area contributed by atoms with E-state index in [2.05, 4.69) is 128 Å². The van der Waals surface area contributed by atoms with Crippen molar-refractivity contribution in [3.8, 4) is 0 Å². The van der Waals surface area contributed by atoms with Gasteiger partial charge in [-0.25, -0.2) is 13.2 Å². The predicted molar refractivity (Wildman–Crippen MR) is 242 cm³/mol. The van der Waals surface area contributed by atoms with Crippen molar-refractivity contribution >= 4 is 71.9 Å². The van der Waals surface area contributed by atoms with Crippen LogP contribution in [0.3, 0.4) is 0 Å². The summed E-state index contributed by atoms with van der Waals surface area (Å²) in [4.78, 5) is 54.5. The van der Waals surface area contributed by atoms with Gasteiger partial charge >= 0.3 is 5.97 Å². The summed E-state index contributed by atoms with van der Waals surface area (Å²) in [7, 11) is -3.69. The lowest BCUT2D eigenvalue weighted by atomic mass is 9.79. The van der Waals surface area contributed by atoms with Crippen LogP contribution >= 0.6 is 0 Å². The molecule has 10 nitrogen and oxygen atoms in total. The summed E-state index contributed by atoms with van der Waals surface area (Å²) >= 11 is 0. The largest absolute Gasteiger partial charge is 0.344 e. The average molecular weight is 841 g/mol. The van der Waals surface area contributed by atoms with Crippen molar-refractivity contribution in [2.45, 2.75) is 89.9 Å². The number of allylic oxidation sites excluding steroid dienone is 8. The van der Waals surface area contributed by atoms with Gasteiger partial charge in [-0.3, -0.25) is 14.4 Å². The SMILES string of the molecule is CC1(C)C(/C=C/C=C/C=C/C=C2\N(CCCCCC(=O)ON3C(=O)CCC3=O)c3ccc4ccccc4c3C2(C)C)=[N+](CCCCS(=O)(=O)C=O)c2ccc3ccccc3c21. The molecule has 3 heterocycles. The van der Waals surface area contributed by atoms with Gasteiger partial charge in [-0.15, -0.1) is 5.06 Å². The number of rotatable bonds is 17. The molecule has 3 aliphatic heterocycles. The number of benzene rings is 4. The van der Waals surface area contributed by atoms with Crippen molar-refractivity contribution in [3.63, 3.8) is 0 Å². The van der Waals surface area contributed by atoms with Gasteiger partial charge in [0.05, 0.1) is 11.2 Å². The molecule has 4 aromatic carbocycles. The molecule has 0 aromatic heterocycles. The van der Waals surface area contributed by atoms with E-state index in [4.69, 9.17) is 4.84 Å². The normalized spacial score (nSPS) is 17.9. The molecule has 0 spiro atoms. The maximum absolute atomic E-state index is 12.4. The van der Waals surface area contributed by atoms with Crippen LogP contribution in [0.25, 0.3) is 21.5 Å². The van der Waals surface area contributed by atoms with Crippen LogP contribution in [0.1, 0.15) is 90.2 Å². The highest BCUT2D eigenvalue weighted by Gasteiger charge is 2.45. The lowest BCUT2D eigenvalue weighted by molar-refractivity contribution is -0.438. The molecule has 61 heavy (non-hydrogen) atoms. The minimum Gasteiger partial charge on any atom is -0.344 e. The van der Waals surface area contributed by atoms with Gasteiger partial charge in [0.25, 0.3) is 11.8 Å². The molecule has 0 unspecified atom stereocenters. The second-order valence-electron chi connectivity index (χ2n) is 17.0. The van der Waals surface area contributed by atoms with Gasteiger partial charge in [0.2, 0.25) is 21.1 Å². The van der Waals surface area contributed by atoms with E-state index in [0.717, 1.165) is 30.8 Å². The average Bonchev–Trinajstić information content (AvgIpc) is 3.76. The maximum Gasteiger partial charge on any atom is 0.333 e. The third-order valence-corrected chi connectivity index (χ3v) is 13.3. The fourth-order valence-electron chi connectivity index (χ4n) is 9.18. The van der Waals surface area contributed by atoms with Crippen molar-refractivity contribution < 1.29 is 37.0 Å². The zero-order valence-electron chi connectivity index (χ0n) is 35.4. The zero-order valence-corrected chi connectivity index (χ0v) is 36.2. The molecule has 2 amide bonds. The van der Waals surface area contributed by atoms with Crippen LogP contribution < -0.4 is 4.90 Å². The first-order valence-electron chi connectivity index (χ1n) is 21.2. The number of hydrogen-bond acceptors (Lipinski definition) is 8. The van der Waals surface area contributed by atoms with E-state index in [1.165, 1.54) is 44.1 Å². The number of carbonyl (C=O) groups is 4. The lowest BCUT2D eigenvalue weighted by Gasteiger charge is -2.27. The van der Waals surface area contributed by atoms with Crippen LogP contribution in [0.5, 0.6) is 0 Å². The van der Waals surface area contributed by atoms with Crippen LogP contribution in [-0.4, -0.2) is 66.0 Å². The number of carbonyl (C=O) groups excluding carboxylic acids is 4. The van der Waals surface area contributed by atoms with Gasteiger partial charge in [0, 0.05) is 66.7 Å². The monoisotopic (exact) mass is 840 g/mol. The number of nitrogens with zero attached hydrogens (tertiary/aromatic N) is 3. The fourth-order valence-corrected chi connectivity index (χ4v) is 9.88. The van der Waals surface area contributed by atoms with Crippen molar-refractivity contribution in [2.75, 3.05) is 23.7 Å². The van der Waals surface area contributed by atoms with Gasteiger partial charge in [0.15, 0.2) is 5.71 Å². The van der Waals surface area contributed by atoms with E-state index in [0.29, 0.717) is 30.9 Å². The van der Waals surface area contributed by atoms with Crippen molar-refractivity contribution in [1.82, 2.24) is 5.06 Å².